The smallest absolute Gasteiger partial charge is 0.164 e. The topological polar surface area (TPSA) is 49.2 Å². The molecule has 0 bridgehead atoms. The molecule has 0 aliphatic carbocycles. The molecule has 1 aromatic carbocycles. The Bertz CT molecular complexity index is 722. The third kappa shape index (κ3) is 1.89. The van der Waals surface area contributed by atoms with Crippen LogP contribution in [0.2, 0.25) is 0 Å². The predicted molar refractivity (Wildman–Crippen MR) is 72.0 cm³/mol. The van der Waals surface area contributed by atoms with E-state index in [1.165, 1.54) is 0 Å². The average molecular weight is 255 g/mol. The minimum absolute atomic E-state index is 0.679. The summed E-state index contributed by atoms with van der Waals surface area (Å²) in [5.41, 5.74) is 2.60. The van der Waals surface area contributed by atoms with Gasteiger partial charge in [0, 0.05) is 12.3 Å². The fourth-order valence-corrected chi connectivity index (χ4v) is 2.01. The number of benzene rings is 1. The van der Waals surface area contributed by atoms with Crippen LogP contribution in [0.25, 0.3) is 16.9 Å². The molecule has 0 atom stereocenters. The van der Waals surface area contributed by atoms with Gasteiger partial charge in [-0.3, -0.25) is 4.57 Å². The third-order valence-corrected chi connectivity index (χ3v) is 2.95. The van der Waals surface area contributed by atoms with E-state index in [-0.39, 0.29) is 0 Å². The van der Waals surface area contributed by atoms with E-state index in [0.29, 0.717) is 11.5 Å². The number of hydrogen-bond acceptors (Lipinski definition) is 4. The Labute approximate surface area is 110 Å². The first-order chi connectivity index (χ1) is 9.33. The number of methoxy groups -OCH3 is 2. The Balaban J connectivity index is 2.16. The molecule has 2 heterocycles. The van der Waals surface area contributed by atoms with E-state index < -0.39 is 0 Å². The Morgan fingerprint density at radius 3 is 2.63 bits per heavy atom. The SMILES string of the molecule is COc1ccc(-n2cnc3cccnc32)cc1OC. The number of aromatic nitrogens is 3. The molecule has 0 spiro atoms. The minimum Gasteiger partial charge on any atom is -0.493 e. The second kappa shape index (κ2) is 4.61. The summed E-state index contributed by atoms with van der Waals surface area (Å²) in [5.74, 6) is 1.38. The second-order valence-electron chi connectivity index (χ2n) is 4.00. The van der Waals surface area contributed by atoms with E-state index >= 15 is 0 Å². The van der Waals surface area contributed by atoms with Crippen LogP contribution in [0, 0.1) is 0 Å². The van der Waals surface area contributed by atoms with E-state index in [9.17, 15) is 0 Å². The molecule has 0 aliphatic heterocycles. The van der Waals surface area contributed by atoms with Gasteiger partial charge >= 0.3 is 0 Å². The zero-order valence-electron chi connectivity index (χ0n) is 10.7. The Morgan fingerprint density at radius 1 is 1.00 bits per heavy atom. The summed E-state index contributed by atoms with van der Waals surface area (Å²) in [6.07, 6.45) is 3.50. The van der Waals surface area contributed by atoms with Gasteiger partial charge in [-0.1, -0.05) is 0 Å². The maximum absolute atomic E-state index is 5.31. The standard InChI is InChI=1S/C14H13N3O2/c1-18-12-6-5-10(8-13(12)19-2)17-9-16-11-4-3-7-15-14(11)17/h3-9H,1-2H3. The van der Waals surface area contributed by atoms with Crippen molar-refractivity contribution in [2.24, 2.45) is 0 Å². The molecule has 19 heavy (non-hydrogen) atoms. The highest BCUT2D eigenvalue weighted by Gasteiger charge is 2.09. The van der Waals surface area contributed by atoms with Crippen LogP contribution in [0.4, 0.5) is 0 Å². The van der Waals surface area contributed by atoms with Crippen molar-refractivity contribution in [2.45, 2.75) is 0 Å². The van der Waals surface area contributed by atoms with Gasteiger partial charge in [-0.25, -0.2) is 9.97 Å². The predicted octanol–water partition coefficient (Wildman–Crippen LogP) is 2.44. The van der Waals surface area contributed by atoms with Crippen LogP contribution in [0.5, 0.6) is 11.5 Å². The minimum atomic E-state index is 0.679. The molecule has 5 heteroatoms. The van der Waals surface area contributed by atoms with Crippen molar-refractivity contribution in [1.29, 1.82) is 0 Å². The summed E-state index contributed by atoms with van der Waals surface area (Å²) in [7, 11) is 3.23. The fraction of sp³-hybridized carbons (Fsp3) is 0.143. The third-order valence-electron chi connectivity index (χ3n) is 2.95. The summed E-state index contributed by atoms with van der Waals surface area (Å²) in [4.78, 5) is 8.67. The molecule has 3 aromatic rings. The van der Waals surface area contributed by atoms with E-state index in [1.54, 1.807) is 26.7 Å². The van der Waals surface area contributed by atoms with Crippen molar-refractivity contribution in [2.75, 3.05) is 14.2 Å². The molecule has 2 aromatic heterocycles. The summed E-state index contributed by atoms with van der Waals surface area (Å²) in [6.45, 7) is 0. The molecule has 0 saturated heterocycles. The molecule has 0 aliphatic rings. The fourth-order valence-electron chi connectivity index (χ4n) is 2.01. The molecule has 96 valence electrons. The molecule has 0 radical (unpaired) electrons. The quantitative estimate of drug-likeness (QED) is 0.721. The van der Waals surface area contributed by atoms with Crippen LogP contribution in [-0.4, -0.2) is 28.8 Å². The number of rotatable bonds is 3. The largest absolute Gasteiger partial charge is 0.493 e. The highest BCUT2D eigenvalue weighted by atomic mass is 16.5. The van der Waals surface area contributed by atoms with Crippen LogP contribution in [-0.2, 0) is 0 Å². The number of fused-ring (bicyclic) bond motifs is 1. The zero-order chi connectivity index (χ0) is 13.2. The van der Waals surface area contributed by atoms with Crippen LogP contribution in [0.3, 0.4) is 0 Å². The molecule has 3 rings (SSSR count). The molecule has 0 N–H and O–H groups in total. The van der Waals surface area contributed by atoms with Crippen molar-refractivity contribution >= 4 is 11.2 Å². The summed E-state index contributed by atoms with van der Waals surface area (Å²) in [6, 6.07) is 9.50. The molecular formula is C14H13N3O2. The van der Waals surface area contributed by atoms with Gasteiger partial charge in [-0.2, -0.15) is 0 Å². The summed E-state index contributed by atoms with van der Waals surface area (Å²) < 4.78 is 12.5. The molecular weight excluding hydrogens is 242 g/mol. The van der Waals surface area contributed by atoms with Gasteiger partial charge in [0.15, 0.2) is 17.1 Å². The number of imidazole rings is 1. The van der Waals surface area contributed by atoms with Crippen LogP contribution in [0.15, 0.2) is 42.9 Å². The van der Waals surface area contributed by atoms with Crippen molar-refractivity contribution in [3.8, 4) is 17.2 Å². The lowest BCUT2D eigenvalue weighted by Gasteiger charge is -2.10. The zero-order valence-corrected chi connectivity index (χ0v) is 10.7. The Kier molecular flexibility index (Phi) is 2.79. The van der Waals surface area contributed by atoms with Crippen LogP contribution < -0.4 is 9.47 Å². The maximum atomic E-state index is 5.31. The van der Waals surface area contributed by atoms with Crippen LogP contribution in [0.1, 0.15) is 0 Å². The molecule has 0 fully saturated rings. The number of nitrogens with zero attached hydrogens (tertiary/aromatic N) is 3. The first kappa shape index (κ1) is 11.5. The van der Waals surface area contributed by atoms with E-state index in [2.05, 4.69) is 9.97 Å². The monoisotopic (exact) mass is 255 g/mol. The van der Waals surface area contributed by atoms with Gasteiger partial charge in [0.25, 0.3) is 0 Å². The Hall–Kier alpha value is -2.56. The first-order valence-corrected chi connectivity index (χ1v) is 5.84. The highest BCUT2D eigenvalue weighted by Crippen LogP contribution is 2.29. The first-order valence-electron chi connectivity index (χ1n) is 5.84. The second-order valence-corrected chi connectivity index (χ2v) is 4.00. The van der Waals surface area contributed by atoms with E-state index in [0.717, 1.165) is 16.9 Å². The van der Waals surface area contributed by atoms with Gasteiger partial charge in [-0.05, 0) is 24.3 Å². The maximum Gasteiger partial charge on any atom is 0.164 e. The number of pyridine rings is 1. The number of hydrogen-bond donors (Lipinski definition) is 0. The molecule has 0 unspecified atom stereocenters. The van der Waals surface area contributed by atoms with Gasteiger partial charge < -0.3 is 9.47 Å². The van der Waals surface area contributed by atoms with Gasteiger partial charge in [0.1, 0.15) is 11.8 Å². The molecule has 5 nitrogen and oxygen atoms in total. The summed E-state index contributed by atoms with van der Waals surface area (Å²) in [5, 5.41) is 0. The van der Waals surface area contributed by atoms with Gasteiger partial charge in [0.05, 0.1) is 19.9 Å². The van der Waals surface area contributed by atoms with E-state index in [1.807, 2.05) is 34.9 Å². The van der Waals surface area contributed by atoms with Crippen LogP contribution >= 0.6 is 0 Å². The molecule has 0 amide bonds. The van der Waals surface area contributed by atoms with Gasteiger partial charge in [0.2, 0.25) is 0 Å². The lowest BCUT2D eigenvalue weighted by atomic mass is 10.2. The summed E-state index contributed by atoms with van der Waals surface area (Å²) >= 11 is 0. The van der Waals surface area contributed by atoms with Gasteiger partial charge in [-0.15, -0.1) is 0 Å². The van der Waals surface area contributed by atoms with Crippen molar-refractivity contribution in [1.82, 2.24) is 14.5 Å². The lowest BCUT2D eigenvalue weighted by molar-refractivity contribution is 0.355. The van der Waals surface area contributed by atoms with Crippen molar-refractivity contribution in [3.63, 3.8) is 0 Å². The highest BCUT2D eigenvalue weighted by molar-refractivity contribution is 5.72. The average Bonchev–Trinajstić information content (AvgIpc) is 2.90. The van der Waals surface area contributed by atoms with E-state index in [4.69, 9.17) is 9.47 Å². The molecule has 0 saturated carbocycles. The lowest BCUT2D eigenvalue weighted by Crippen LogP contribution is -1.96. The van der Waals surface area contributed by atoms with Crippen molar-refractivity contribution < 1.29 is 9.47 Å². The number of ether oxygens (including phenoxy) is 2. The Morgan fingerprint density at radius 2 is 1.84 bits per heavy atom. The normalized spacial score (nSPS) is 10.6. The van der Waals surface area contributed by atoms with Crippen molar-refractivity contribution in [3.05, 3.63) is 42.9 Å².